The molecule has 10 saturated heterocycles. The molecule has 0 spiro atoms. The molecule has 0 aromatic heterocycles. The Kier molecular flexibility index (Phi) is 34.7. The highest BCUT2D eigenvalue weighted by atomic mass is 16.8. The minimum atomic E-state index is -2.60. The van der Waals surface area contributed by atoms with Crippen LogP contribution in [-0.4, -0.2) is 504 Å². The highest BCUT2D eigenvalue weighted by Crippen LogP contribution is 2.41. The van der Waals surface area contributed by atoms with Crippen molar-refractivity contribution in [1.82, 2.24) is 21.3 Å². The van der Waals surface area contributed by atoms with Gasteiger partial charge in [-0.25, -0.2) is 0 Å². The summed E-state index contributed by atoms with van der Waals surface area (Å²) in [5.74, 6) is -3.76. The Labute approximate surface area is 681 Å². The number of aliphatic hydroxyl groups is 25. The number of aliphatic hydroxyl groups excluding tert-OH is 25. The van der Waals surface area contributed by atoms with Gasteiger partial charge in [-0.1, -0.05) is 0 Å². The summed E-state index contributed by atoms with van der Waals surface area (Å²) in [6.07, 6.45) is -93.6. The Morgan fingerprint density at radius 1 is 0.233 bits per heavy atom. The molecule has 10 rings (SSSR count). The van der Waals surface area contributed by atoms with Crippen LogP contribution < -0.4 is 21.3 Å². The van der Waals surface area contributed by atoms with Gasteiger partial charge in [-0.15, -0.1) is 0 Å². The lowest BCUT2D eigenvalue weighted by molar-refractivity contribution is -0.402. The van der Waals surface area contributed by atoms with E-state index >= 15 is 0 Å². The molecule has 52 nitrogen and oxygen atoms in total. The maximum absolute atomic E-state index is 13.6. The quantitative estimate of drug-likeness (QED) is 0.0331. The van der Waals surface area contributed by atoms with Gasteiger partial charge in [0.25, 0.3) is 0 Å². The lowest BCUT2D eigenvalue weighted by Gasteiger charge is -2.52. The van der Waals surface area contributed by atoms with Gasteiger partial charge in [0, 0.05) is 27.7 Å². The van der Waals surface area contributed by atoms with Crippen LogP contribution in [0.2, 0.25) is 0 Å². The molecule has 1 unspecified atom stereocenters. The third kappa shape index (κ3) is 21.6. The predicted molar refractivity (Wildman–Crippen MR) is 372 cm³/mol. The normalized spacial score (nSPS) is 50.3. The number of carbonyl (C=O) groups excluding carboxylic acids is 4. The van der Waals surface area contributed by atoms with E-state index < -0.39 is 377 Å². The highest BCUT2D eigenvalue weighted by molar-refractivity contribution is 5.74. The van der Waals surface area contributed by atoms with Crippen molar-refractivity contribution >= 4 is 23.6 Å². The van der Waals surface area contributed by atoms with Crippen LogP contribution in [0.5, 0.6) is 0 Å². The maximum atomic E-state index is 13.6. The average molecular weight is 1760 g/mol. The number of hydrogen-bond acceptors (Lipinski definition) is 48. The van der Waals surface area contributed by atoms with Gasteiger partial charge in [0.1, 0.15) is 226 Å². The van der Waals surface area contributed by atoms with E-state index in [0.717, 1.165) is 27.7 Å². The third-order valence-electron chi connectivity index (χ3n) is 22.3. The summed E-state index contributed by atoms with van der Waals surface area (Å²) >= 11 is 0. The number of ether oxygens (including phenoxy) is 19. The van der Waals surface area contributed by atoms with Crippen molar-refractivity contribution < 1.29 is 237 Å². The first kappa shape index (κ1) is 98.3. The maximum Gasteiger partial charge on any atom is 0.217 e. The van der Waals surface area contributed by atoms with Crippen molar-refractivity contribution in [1.29, 1.82) is 0 Å². The van der Waals surface area contributed by atoms with Crippen molar-refractivity contribution in [2.75, 3.05) is 46.2 Å². The molecule has 0 bridgehead atoms. The van der Waals surface area contributed by atoms with Crippen molar-refractivity contribution in [2.45, 2.75) is 355 Å². The van der Waals surface area contributed by atoms with E-state index in [-0.39, 0.29) is 0 Å². The number of nitrogens with one attached hydrogen (secondary N) is 4. The van der Waals surface area contributed by atoms with E-state index in [1.54, 1.807) is 0 Å². The van der Waals surface area contributed by atoms with Gasteiger partial charge < -0.3 is 239 Å². The van der Waals surface area contributed by atoms with Crippen molar-refractivity contribution in [3.63, 3.8) is 0 Å². The Hall–Kier alpha value is -3.88. The van der Waals surface area contributed by atoms with E-state index in [1.807, 2.05) is 0 Å². The van der Waals surface area contributed by atoms with Crippen molar-refractivity contribution in [3.8, 4) is 0 Å². The highest BCUT2D eigenvalue weighted by Gasteiger charge is 2.62. The predicted octanol–water partition coefficient (Wildman–Crippen LogP) is -19.1. The summed E-state index contributed by atoms with van der Waals surface area (Å²) in [7, 11) is 0. The molecule has 10 heterocycles. The van der Waals surface area contributed by atoms with Crippen LogP contribution in [0.4, 0.5) is 0 Å². The van der Waals surface area contributed by atoms with Gasteiger partial charge in [-0.3, -0.25) is 19.2 Å². The van der Waals surface area contributed by atoms with Crippen LogP contribution in [0.25, 0.3) is 0 Å². The van der Waals surface area contributed by atoms with Crippen LogP contribution in [0.3, 0.4) is 0 Å². The Morgan fingerprint density at radius 2 is 0.533 bits per heavy atom. The van der Waals surface area contributed by atoms with Crippen LogP contribution >= 0.6 is 0 Å². The minimum Gasteiger partial charge on any atom is -0.394 e. The standard InChI is InChI=1S/C68H114N4O48/c1-15-33(82)42(91)47(96)63(104-15)103-14-28-54(55(31(59(101)107-28)71-20(6)80)117-65-49(98)43(92)34(83)16(2)105-65)116-61-30(70-19(5)79)41(90)52(25(11-76)111-61)114-67-51(100)57(39(88)27(113-67)13-102-64-48(97)45(94)37(86)23(9-74)109-64)119-68-58(46(95)38(87)24(10-75)110-68)120-62-32(72-21(7)81)56(118-66-50(99)44(93)35(84)17(3)106-66)53(26(12-77)112-62)115-60-29(69-18(4)78)40(89)36(85)22(8-73)108-60/h15-17,22-68,73-77,82-101H,8-14H2,1-7H3,(H,69,78)(H,70,79)(H,71,80)(H,72,81)/t15-,16-,17-,22+,23+,24+,25+,26+,27+,28+,29+,30+,31+,32+,33+,34+,35+,36-,37+,38+,39+,40+,41+,42+,43+,44+,45-,46-,47-,48-,49-,50-,51-,52+,53+,54+,55+,56+,57-,58-,59?,60-,61-,62-,63+,64-,65-,66-,67-,68+/m0/s1. The molecule has 0 aromatic carbocycles. The fraction of sp³-hybridized carbons (Fsp3) is 0.941. The van der Waals surface area contributed by atoms with Crippen molar-refractivity contribution in [3.05, 3.63) is 0 Å². The third-order valence-corrected chi connectivity index (χ3v) is 22.3. The number of carbonyl (C=O) groups is 4. The van der Waals surface area contributed by atoms with Gasteiger partial charge in [0.15, 0.2) is 62.9 Å². The topological polar surface area (TPSA) is 798 Å². The lowest BCUT2D eigenvalue weighted by Crippen LogP contribution is -2.72. The molecule has 10 aliphatic rings. The second-order valence-electron chi connectivity index (χ2n) is 31.0. The monoisotopic (exact) mass is 1750 g/mol. The molecule has 10 fully saturated rings. The van der Waals surface area contributed by atoms with E-state index in [1.165, 1.54) is 20.8 Å². The minimum absolute atomic E-state index is 0.852. The Morgan fingerprint density at radius 3 is 1.01 bits per heavy atom. The summed E-state index contributed by atoms with van der Waals surface area (Å²) in [4.78, 5) is 52.6. The van der Waals surface area contributed by atoms with E-state index in [4.69, 9.17) is 90.0 Å². The van der Waals surface area contributed by atoms with E-state index in [0.29, 0.717) is 0 Å². The summed E-state index contributed by atoms with van der Waals surface area (Å²) in [6, 6.07) is -7.71. The van der Waals surface area contributed by atoms with Gasteiger partial charge in [-0.05, 0) is 20.8 Å². The first-order chi connectivity index (χ1) is 56.6. The van der Waals surface area contributed by atoms with Gasteiger partial charge in [-0.2, -0.15) is 0 Å². The smallest absolute Gasteiger partial charge is 0.217 e. The zero-order valence-corrected chi connectivity index (χ0v) is 65.4. The Balaban J connectivity index is 1.00. The fourth-order valence-corrected chi connectivity index (χ4v) is 15.7. The largest absolute Gasteiger partial charge is 0.394 e. The first-order valence-corrected chi connectivity index (χ1v) is 38.7. The molecule has 0 aliphatic carbocycles. The van der Waals surface area contributed by atoms with Crippen molar-refractivity contribution in [2.24, 2.45) is 0 Å². The second-order valence-corrected chi connectivity index (χ2v) is 31.0. The average Bonchev–Trinajstić information content (AvgIpc) is 0.770. The molecule has 694 valence electrons. The van der Waals surface area contributed by atoms with Crippen LogP contribution in [-0.2, 0) is 109 Å². The number of hydrogen-bond donors (Lipinski definition) is 29. The van der Waals surface area contributed by atoms with E-state index in [2.05, 4.69) is 21.3 Å². The molecule has 4 amide bonds. The second kappa shape index (κ2) is 42.4. The molecule has 0 saturated carbocycles. The number of rotatable bonds is 29. The molecule has 120 heavy (non-hydrogen) atoms. The van der Waals surface area contributed by atoms with Crippen LogP contribution in [0, 0.1) is 0 Å². The SMILES string of the molecule is CC(=O)N[C@H]1[C@H](O[C@H]2[C@H](O[C@@H]3O[C@@H](C)[C@@H](O)[C@@H](O)[C@@H]3O)[C@@H](NC(C)=O)C(O)O[C@@H]2CO[C@@H]2O[C@@H](C)[C@@H](O)[C@@H](O)[C@@H]2O)O[C@H](CO)[C@@H](O[C@@H]2O[C@H](CO[C@H]3O[C@H](CO)[C@@H](O)[C@H](O)[C@@H]3O)[C@@H](O)[C@H](O[C@H]3O[C@H](CO)[C@@H](O)[C@H](O)[C@@H]3O[C@@H]3O[C@H](CO)[C@@H](O[C@@H]4O[C@H](CO)[C@H](O)[C@H](O)[C@H]4NC(C)=O)[C@H](O[C@@H]4O[C@@H](C)[C@@H](O)[C@@H](O)[C@@H]4O)[C@H]3NC(C)=O)[C@@H]2O)[C@@H]1O. The molecule has 29 N–H and O–H groups in total. The fourth-order valence-electron chi connectivity index (χ4n) is 15.7. The summed E-state index contributed by atoms with van der Waals surface area (Å²) in [5, 5.41) is 290. The van der Waals surface area contributed by atoms with Crippen LogP contribution in [0.1, 0.15) is 48.5 Å². The summed E-state index contributed by atoms with van der Waals surface area (Å²) in [5.41, 5.74) is 0. The summed E-state index contributed by atoms with van der Waals surface area (Å²) < 4.78 is 115. The zero-order chi connectivity index (χ0) is 88.4. The van der Waals surface area contributed by atoms with Crippen LogP contribution in [0.15, 0.2) is 0 Å². The van der Waals surface area contributed by atoms with E-state index in [9.17, 15) is 147 Å². The summed E-state index contributed by atoms with van der Waals surface area (Å²) in [6.45, 7) is -0.104. The molecule has 52 heteroatoms. The van der Waals surface area contributed by atoms with Gasteiger partial charge >= 0.3 is 0 Å². The first-order valence-electron chi connectivity index (χ1n) is 38.7. The number of amides is 4. The zero-order valence-electron chi connectivity index (χ0n) is 65.4. The molecule has 50 atom stereocenters. The van der Waals surface area contributed by atoms with Gasteiger partial charge in [0.2, 0.25) is 23.6 Å². The molecule has 0 radical (unpaired) electrons. The molecule has 0 aromatic rings. The molecule has 10 aliphatic heterocycles. The Bertz CT molecular complexity index is 3250. The molecular formula is C68H114N4O48. The lowest BCUT2D eigenvalue weighted by atomic mass is 9.93. The molecular weight excluding hydrogens is 1640 g/mol. The van der Waals surface area contributed by atoms with Gasteiger partial charge in [0.05, 0.1) is 64.6 Å².